The Morgan fingerprint density at radius 3 is 3.00 bits per heavy atom. The highest BCUT2D eigenvalue weighted by atomic mass is 16.3. The zero-order valence-electron chi connectivity index (χ0n) is 7.57. The molecule has 1 aromatic carbocycles. The molecule has 0 fully saturated rings. The fourth-order valence-corrected chi connectivity index (χ4v) is 1.47. The topological polar surface area (TPSA) is 38.0 Å². The van der Waals surface area contributed by atoms with Gasteiger partial charge in [-0.15, -0.1) is 0 Å². The molecule has 13 heavy (non-hydrogen) atoms. The molecule has 1 N–H and O–H groups in total. The van der Waals surface area contributed by atoms with Crippen molar-refractivity contribution in [2.24, 2.45) is 0 Å². The molecule has 0 spiro atoms. The molecule has 0 unspecified atom stereocenters. The molecule has 0 amide bonds. The number of aliphatic hydroxyl groups excluding tert-OH is 1. The predicted octanol–water partition coefficient (Wildman–Crippen LogP) is 1.55. The van der Waals surface area contributed by atoms with E-state index in [0.29, 0.717) is 0 Å². The summed E-state index contributed by atoms with van der Waals surface area (Å²) in [5.41, 5.74) is 2.02. The van der Waals surface area contributed by atoms with E-state index in [1.54, 1.807) is 0 Å². The lowest BCUT2D eigenvalue weighted by atomic mass is 10.2. The fraction of sp³-hybridized carbons (Fsp3) is 0.300. The van der Waals surface area contributed by atoms with Gasteiger partial charge >= 0.3 is 0 Å². The van der Waals surface area contributed by atoms with Crippen LogP contribution in [0, 0.1) is 0 Å². The summed E-state index contributed by atoms with van der Waals surface area (Å²) in [6.45, 7) is 3.00. The molecule has 0 radical (unpaired) electrons. The lowest BCUT2D eigenvalue weighted by Crippen LogP contribution is -1.95. The first-order valence-electron chi connectivity index (χ1n) is 4.40. The largest absolute Gasteiger partial charge is 0.392 e. The van der Waals surface area contributed by atoms with Gasteiger partial charge in [-0.1, -0.05) is 12.1 Å². The zero-order chi connectivity index (χ0) is 9.26. The average molecular weight is 176 g/mol. The molecule has 68 valence electrons. The summed E-state index contributed by atoms with van der Waals surface area (Å²) in [6.07, 6.45) is 1.85. The van der Waals surface area contributed by atoms with Crippen molar-refractivity contribution in [3.63, 3.8) is 0 Å². The number of hydrogen-bond donors (Lipinski definition) is 1. The normalized spacial score (nSPS) is 10.9. The predicted molar refractivity (Wildman–Crippen MR) is 51.3 cm³/mol. The van der Waals surface area contributed by atoms with E-state index in [4.69, 9.17) is 5.11 Å². The highest BCUT2D eigenvalue weighted by molar-refractivity contribution is 5.79. The van der Waals surface area contributed by atoms with Gasteiger partial charge in [0.25, 0.3) is 0 Å². The molecule has 3 heteroatoms. The minimum atomic E-state index is 0.0881. The first kappa shape index (κ1) is 8.26. The Labute approximate surface area is 76.6 Å². The molecule has 0 atom stereocenters. The maximum absolute atomic E-state index is 8.97. The second-order valence-corrected chi connectivity index (χ2v) is 3.01. The van der Waals surface area contributed by atoms with E-state index in [9.17, 15) is 0 Å². The monoisotopic (exact) mass is 176 g/mol. The van der Waals surface area contributed by atoms with Crippen LogP contribution in [0.5, 0.6) is 0 Å². The van der Waals surface area contributed by atoms with Crippen molar-refractivity contribution >= 4 is 10.9 Å². The van der Waals surface area contributed by atoms with Crippen molar-refractivity contribution in [3.8, 4) is 0 Å². The van der Waals surface area contributed by atoms with Gasteiger partial charge in [0.05, 0.1) is 18.3 Å². The summed E-state index contributed by atoms with van der Waals surface area (Å²) >= 11 is 0. The summed E-state index contributed by atoms with van der Waals surface area (Å²) in [5.74, 6) is 0. The third kappa shape index (κ3) is 1.31. The van der Waals surface area contributed by atoms with E-state index in [1.807, 2.05) is 29.1 Å². The van der Waals surface area contributed by atoms with Crippen LogP contribution in [0.25, 0.3) is 10.9 Å². The molecule has 0 aliphatic heterocycles. The van der Waals surface area contributed by atoms with Crippen LogP contribution in [0.3, 0.4) is 0 Å². The molecule has 0 aliphatic carbocycles. The van der Waals surface area contributed by atoms with E-state index < -0.39 is 0 Å². The summed E-state index contributed by atoms with van der Waals surface area (Å²) in [7, 11) is 0. The Morgan fingerprint density at radius 2 is 2.31 bits per heavy atom. The van der Waals surface area contributed by atoms with E-state index >= 15 is 0 Å². The average Bonchev–Trinajstić information content (AvgIpc) is 2.59. The molecule has 0 saturated heterocycles. The molecule has 2 aromatic rings. The fourth-order valence-electron chi connectivity index (χ4n) is 1.47. The molecule has 2 rings (SSSR count). The summed E-state index contributed by atoms with van der Waals surface area (Å²) in [6, 6.07) is 5.88. The van der Waals surface area contributed by atoms with Gasteiger partial charge in [-0.25, -0.2) is 0 Å². The van der Waals surface area contributed by atoms with Crippen molar-refractivity contribution in [2.75, 3.05) is 0 Å². The number of aromatic nitrogens is 2. The molecular weight excluding hydrogens is 164 g/mol. The Morgan fingerprint density at radius 1 is 1.46 bits per heavy atom. The minimum Gasteiger partial charge on any atom is -0.392 e. The Balaban J connectivity index is 2.64. The number of aliphatic hydroxyl groups is 1. The van der Waals surface area contributed by atoms with Gasteiger partial charge in [0.2, 0.25) is 0 Å². The van der Waals surface area contributed by atoms with Gasteiger partial charge in [-0.2, -0.15) is 5.10 Å². The lowest BCUT2D eigenvalue weighted by molar-refractivity contribution is 0.282. The molecule has 0 aliphatic rings. The Hall–Kier alpha value is -1.35. The van der Waals surface area contributed by atoms with Crippen molar-refractivity contribution in [1.82, 2.24) is 9.78 Å². The summed E-state index contributed by atoms with van der Waals surface area (Å²) in [4.78, 5) is 0. The second kappa shape index (κ2) is 3.18. The SMILES string of the molecule is CCn1ncc2ccc(CO)cc21. The van der Waals surface area contributed by atoms with Crippen LogP contribution < -0.4 is 0 Å². The van der Waals surface area contributed by atoms with Gasteiger partial charge < -0.3 is 5.11 Å². The third-order valence-corrected chi connectivity index (χ3v) is 2.19. The first-order chi connectivity index (χ1) is 6.35. The highest BCUT2D eigenvalue weighted by Gasteiger charge is 2.01. The quantitative estimate of drug-likeness (QED) is 0.753. The van der Waals surface area contributed by atoms with Crippen molar-refractivity contribution in [1.29, 1.82) is 0 Å². The van der Waals surface area contributed by atoms with Gasteiger partial charge in [-0.3, -0.25) is 4.68 Å². The van der Waals surface area contributed by atoms with Gasteiger partial charge in [0, 0.05) is 11.9 Å². The van der Waals surface area contributed by atoms with Gasteiger partial charge in [-0.05, 0) is 18.6 Å². The third-order valence-electron chi connectivity index (χ3n) is 2.19. The first-order valence-corrected chi connectivity index (χ1v) is 4.40. The number of hydrogen-bond acceptors (Lipinski definition) is 2. The van der Waals surface area contributed by atoms with E-state index in [2.05, 4.69) is 12.0 Å². The van der Waals surface area contributed by atoms with Crippen LogP contribution in [0.15, 0.2) is 24.4 Å². The second-order valence-electron chi connectivity index (χ2n) is 3.01. The van der Waals surface area contributed by atoms with Crippen LogP contribution in [-0.2, 0) is 13.2 Å². The smallest absolute Gasteiger partial charge is 0.0685 e. The minimum absolute atomic E-state index is 0.0881. The molecule has 1 aromatic heterocycles. The van der Waals surface area contributed by atoms with Crippen molar-refractivity contribution in [3.05, 3.63) is 30.0 Å². The Kier molecular flexibility index (Phi) is 2.02. The molecule has 1 heterocycles. The van der Waals surface area contributed by atoms with E-state index in [0.717, 1.165) is 23.0 Å². The van der Waals surface area contributed by atoms with E-state index in [-0.39, 0.29) is 6.61 Å². The Bertz CT molecular complexity index is 420. The van der Waals surface area contributed by atoms with Gasteiger partial charge in [0.15, 0.2) is 0 Å². The zero-order valence-corrected chi connectivity index (χ0v) is 7.57. The number of benzene rings is 1. The molecule has 3 nitrogen and oxygen atoms in total. The van der Waals surface area contributed by atoms with Crippen LogP contribution in [0.2, 0.25) is 0 Å². The molecule has 0 saturated carbocycles. The lowest BCUT2D eigenvalue weighted by Gasteiger charge is -2.00. The highest BCUT2D eigenvalue weighted by Crippen LogP contribution is 2.15. The van der Waals surface area contributed by atoms with Crippen LogP contribution >= 0.6 is 0 Å². The molecular formula is C10H12N2O. The van der Waals surface area contributed by atoms with Crippen LogP contribution in [0.4, 0.5) is 0 Å². The van der Waals surface area contributed by atoms with Crippen molar-refractivity contribution < 1.29 is 5.11 Å². The molecule has 0 bridgehead atoms. The number of aryl methyl sites for hydroxylation is 1. The van der Waals surface area contributed by atoms with Crippen LogP contribution in [0.1, 0.15) is 12.5 Å². The maximum Gasteiger partial charge on any atom is 0.0685 e. The number of nitrogens with zero attached hydrogens (tertiary/aromatic N) is 2. The van der Waals surface area contributed by atoms with Crippen LogP contribution in [-0.4, -0.2) is 14.9 Å². The number of rotatable bonds is 2. The maximum atomic E-state index is 8.97. The van der Waals surface area contributed by atoms with E-state index in [1.165, 1.54) is 0 Å². The van der Waals surface area contributed by atoms with Crippen molar-refractivity contribution in [2.45, 2.75) is 20.1 Å². The number of fused-ring (bicyclic) bond motifs is 1. The standard InChI is InChI=1S/C10H12N2O/c1-2-12-10-5-8(7-13)3-4-9(10)6-11-12/h3-6,13H,2,7H2,1H3. The summed E-state index contributed by atoms with van der Waals surface area (Å²) in [5, 5.41) is 14.3. The van der Waals surface area contributed by atoms with Gasteiger partial charge in [0.1, 0.15) is 0 Å². The summed E-state index contributed by atoms with van der Waals surface area (Å²) < 4.78 is 1.93.